The van der Waals surface area contributed by atoms with Gasteiger partial charge in [-0.1, -0.05) is 12.1 Å². The third-order valence-corrected chi connectivity index (χ3v) is 4.84. The van der Waals surface area contributed by atoms with E-state index >= 15 is 0 Å². The molecule has 1 saturated heterocycles. The predicted octanol–water partition coefficient (Wildman–Crippen LogP) is 0.263. The van der Waals surface area contributed by atoms with E-state index in [0.717, 1.165) is 5.56 Å². The number of amides is 1. The van der Waals surface area contributed by atoms with E-state index in [1.165, 1.54) is 0 Å². The van der Waals surface area contributed by atoms with Crippen molar-refractivity contribution in [1.82, 2.24) is 10.0 Å². The summed E-state index contributed by atoms with van der Waals surface area (Å²) < 4.78 is 27.0. The van der Waals surface area contributed by atoms with Gasteiger partial charge in [-0.15, -0.1) is 0 Å². The molecule has 1 aromatic rings. The number of benzene rings is 1. The summed E-state index contributed by atoms with van der Waals surface area (Å²) in [7, 11) is -3.56. The van der Waals surface area contributed by atoms with E-state index in [4.69, 9.17) is 5.73 Å². The molecule has 0 radical (unpaired) electrons. The zero-order chi connectivity index (χ0) is 14.8. The Kier molecular flexibility index (Phi) is 4.42. The number of nitrogens with two attached hydrogens (primary N) is 1. The van der Waals surface area contributed by atoms with E-state index < -0.39 is 10.0 Å². The Hall–Kier alpha value is -1.44. The van der Waals surface area contributed by atoms with Crippen molar-refractivity contribution >= 4 is 15.9 Å². The van der Waals surface area contributed by atoms with Crippen molar-refractivity contribution in [3.8, 4) is 0 Å². The first-order chi connectivity index (χ1) is 9.38. The number of hydrogen-bond acceptors (Lipinski definition) is 4. The lowest BCUT2D eigenvalue weighted by Crippen LogP contribution is -2.47. The van der Waals surface area contributed by atoms with E-state index in [2.05, 4.69) is 10.0 Å². The summed E-state index contributed by atoms with van der Waals surface area (Å²) in [5.74, 6) is -0.0401. The molecule has 2 unspecified atom stereocenters. The molecule has 0 bridgehead atoms. The highest BCUT2D eigenvalue weighted by Gasteiger charge is 2.24. The molecule has 0 spiro atoms. The maximum Gasteiger partial charge on any atom is 0.240 e. The van der Waals surface area contributed by atoms with Gasteiger partial charge in [-0.3, -0.25) is 4.79 Å². The molecule has 0 saturated carbocycles. The van der Waals surface area contributed by atoms with Crippen LogP contribution in [-0.2, 0) is 14.8 Å². The molecule has 20 heavy (non-hydrogen) atoms. The molecular weight excluding hydrogens is 278 g/mol. The zero-order valence-electron chi connectivity index (χ0n) is 11.3. The molecule has 1 fully saturated rings. The molecule has 1 aliphatic rings. The summed E-state index contributed by atoms with van der Waals surface area (Å²) in [6.07, 6.45) is 0.861. The van der Waals surface area contributed by atoms with E-state index in [1.807, 2.05) is 6.92 Å². The van der Waals surface area contributed by atoms with E-state index in [0.29, 0.717) is 19.4 Å². The minimum atomic E-state index is -3.56. The normalized spacial score (nSPS) is 21.3. The number of piperidine rings is 1. The highest BCUT2D eigenvalue weighted by Crippen LogP contribution is 2.15. The van der Waals surface area contributed by atoms with Gasteiger partial charge in [0.05, 0.1) is 4.90 Å². The summed E-state index contributed by atoms with van der Waals surface area (Å²) in [6, 6.07) is 6.12. The molecular formula is C13H19N3O3S. The minimum absolute atomic E-state index is 0.0401. The van der Waals surface area contributed by atoms with Crippen LogP contribution in [0.3, 0.4) is 0 Å². The number of sulfonamides is 1. The fourth-order valence-corrected chi connectivity index (χ4v) is 3.34. The van der Waals surface area contributed by atoms with Crippen molar-refractivity contribution in [3.05, 3.63) is 29.8 Å². The van der Waals surface area contributed by atoms with Gasteiger partial charge in [-0.05, 0) is 31.0 Å². The molecule has 1 aromatic carbocycles. The largest absolute Gasteiger partial charge is 0.355 e. The Morgan fingerprint density at radius 2 is 2.00 bits per heavy atom. The molecule has 7 heteroatoms. The van der Waals surface area contributed by atoms with Crippen LogP contribution in [-0.4, -0.2) is 26.9 Å². The summed E-state index contributed by atoms with van der Waals surface area (Å²) in [6.45, 7) is 2.17. The van der Waals surface area contributed by atoms with Gasteiger partial charge in [0.2, 0.25) is 15.9 Å². The average molecular weight is 297 g/mol. The summed E-state index contributed by atoms with van der Waals surface area (Å²) in [5, 5.41) is 2.65. The molecule has 2 atom stereocenters. The van der Waals surface area contributed by atoms with Gasteiger partial charge in [0, 0.05) is 25.0 Å². The highest BCUT2D eigenvalue weighted by atomic mass is 32.2. The predicted molar refractivity (Wildman–Crippen MR) is 75.4 cm³/mol. The third kappa shape index (κ3) is 3.56. The van der Waals surface area contributed by atoms with Gasteiger partial charge in [0.15, 0.2) is 0 Å². The quantitative estimate of drug-likeness (QED) is 0.742. The van der Waals surface area contributed by atoms with Crippen LogP contribution in [0.2, 0.25) is 0 Å². The number of rotatable bonds is 4. The minimum Gasteiger partial charge on any atom is -0.355 e. The standard InChI is InChI=1S/C13H19N3O3S/c1-9(14)10-2-5-12(6-3-10)20(18,19)16-11-4-7-13(17)15-8-11/h2-3,5-6,9,11,16H,4,7-8,14H2,1H3,(H,15,17). The lowest BCUT2D eigenvalue weighted by Gasteiger charge is -2.23. The van der Waals surface area contributed by atoms with Gasteiger partial charge in [-0.2, -0.15) is 0 Å². The number of nitrogens with one attached hydrogen (secondary N) is 2. The summed E-state index contributed by atoms with van der Waals surface area (Å²) >= 11 is 0. The van der Waals surface area contributed by atoms with E-state index in [9.17, 15) is 13.2 Å². The molecule has 2 rings (SSSR count). The van der Waals surface area contributed by atoms with E-state index in [1.54, 1.807) is 24.3 Å². The first kappa shape index (κ1) is 15.0. The van der Waals surface area contributed by atoms with Crippen LogP contribution in [0.25, 0.3) is 0 Å². The fourth-order valence-electron chi connectivity index (χ4n) is 2.07. The second-order valence-electron chi connectivity index (χ2n) is 5.02. The summed E-state index contributed by atoms with van der Waals surface area (Å²) in [4.78, 5) is 11.3. The van der Waals surface area contributed by atoms with Gasteiger partial charge in [0.25, 0.3) is 0 Å². The monoisotopic (exact) mass is 297 g/mol. The van der Waals surface area contributed by atoms with Crippen molar-refractivity contribution in [2.45, 2.75) is 36.7 Å². The average Bonchev–Trinajstić information content (AvgIpc) is 2.41. The lowest BCUT2D eigenvalue weighted by molar-refractivity contribution is -0.122. The van der Waals surface area contributed by atoms with Crippen molar-refractivity contribution in [1.29, 1.82) is 0 Å². The first-order valence-electron chi connectivity index (χ1n) is 6.53. The van der Waals surface area contributed by atoms with Gasteiger partial charge in [0.1, 0.15) is 0 Å². The van der Waals surface area contributed by atoms with Gasteiger partial charge < -0.3 is 11.1 Å². The topological polar surface area (TPSA) is 101 Å². The van der Waals surface area contributed by atoms with Crippen LogP contribution >= 0.6 is 0 Å². The second kappa shape index (κ2) is 5.90. The molecule has 1 heterocycles. The maximum atomic E-state index is 12.2. The van der Waals surface area contributed by atoms with Crippen LogP contribution in [0.4, 0.5) is 0 Å². The molecule has 110 valence electrons. The number of hydrogen-bond donors (Lipinski definition) is 3. The van der Waals surface area contributed by atoms with Gasteiger partial charge in [-0.25, -0.2) is 13.1 Å². The van der Waals surface area contributed by atoms with Gasteiger partial charge >= 0.3 is 0 Å². The SMILES string of the molecule is CC(N)c1ccc(S(=O)(=O)NC2CCC(=O)NC2)cc1. The van der Waals surface area contributed by atoms with Crippen LogP contribution in [0.15, 0.2) is 29.2 Å². The smallest absolute Gasteiger partial charge is 0.240 e. The molecule has 0 aliphatic carbocycles. The first-order valence-corrected chi connectivity index (χ1v) is 8.01. The molecule has 6 nitrogen and oxygen atoms in total. The Morgan fingerprint density at radius 1 is 1.35 bits per heavy atom. The van der Waals surface area contributed by atoms with Crippen molar-refractivity contribution in [3.63, 3.8) is 0 Å². The van der Waals surface area contributed by atoms with Crippen molar-refractivity contribution in [2.75, 3.05) is 6.54 Å². The van der Waals surface area contributed by atoms with Crippen LogP contribution in [0.1, 0.15) is 31.4 Å². The highest BCUT2D eigenvalue weighted by molar-refractivity contribution is 7.89. The third-order valence-electron chi connectivity index (χ3n) is 3.30. The van der Waals surface area contributed by atoms with Crippen molar-refractivity contribution < 1.29 is 13.2 Å². The van der Waals surface area contributed by atoms with Crippen molar-refractivity contribution in [2.24, 2.45) is 5.73 Å². The van der Waals surface area contributed by atoms with Crippen LogP contribution in [0, 0.1) is 0 Å². The van der Waals surface area contributed by atoms with Crippen LogP contribution in [0.5, 0.6) is 0 Å². The van der Waals surface area contributed by atoms with E-state index in [-0.39, 0.29) is 22.9 Å². The molecule has 4 N–H and O–H groups in total. The lowest BCUT2D eigenvalue weighted by atomic mass is 10.1. The Morgan fingerprint density at radius 3 is 2.50 bits per heavy atom. The number of carbonyl (C=O) groups is 1. The molecule has 1 aliphatic heterocycles. The Labute approximate surface area is 118 Å². The molecule has 1 amide bonds. The fraction of sp³-hybridized carbons (Fsp3) is 0.462. The maximum absolute atomic E-state index is 12.2. The van der Waals surface area contributed by atoms with Crippen LogP contribution < -0.4 is 15.8 Å². The summed E-state index contributed by atoms with van der Waals surface area (Å²) in [5.41, 5.74) is 6.61. The number of carbonyl (C=O) groups excluding carboxylic acids is 1. The second-order valence-corrected chi connectivity index (χ2v) is 6.73. The zero-order valence-corrected chi connectivity index (χ0v) is 12.1. The Bertz CT molecular complexity index is 571. The molecule has 0 aromatic heterocycles. The Balaban J connectivity index is 2.08.